The lowest BCUT2D eigenvalue weighted by Gasteiger charge is -2.41. The van der Waals surface area contributed by atoms with Crippen LogP contribution in [0.25, 0.3) is 0 Å². The summed E-state index contributed by atoms with van der Waals surface area (Å²) in [7, 11) is 0. The predicted octanol–water partition coefficient (Wildman–Crippen LogP) is 2.51. The minimum Gasteiger partial charge on any atom is -0.369 e. The van der Waals surface area contributed by atoms with Gasteiger partial charge in [0.15, 0.2) is 0 Å². The van der Waals surface area contributed by atoms with Gasteiger partial charge >= 0.3 is 0 Å². The molecule has 4 nitrogen and oxygen atoms in total. The Morgan fingerprint density at radius 1 is 1.04 bits per heavy atom. The van der Waals surface area contributed by atoms with Gasteiger partial charge in [-0.15, -0.1) is 0 Å². The molecule has 1 heterocycles. The van der Waals surface area contributed by atoms with E-state index in [4.69, 9.17) is 5.73 Å². The van der Waals surface area contributed by atoms with E-state index in [1.807, 2.05) is 24.3 Å². The smallest absolute Gasteiger partial charge is 0.230 e. The maximum atomic E-state index is 13.2. The van der Waals surface area contributed by atoms with Crippen LogP contribution in [0.1, 0.15) is 30.9 Å². The number of nitrogens with zero attached hydrogens (tertiary/aromatic N) is 1. The summed E-state index contributed by atoms with van der Waals surface area (Å²) in [4.78, 5) is 15.7. The molecule has 1 amide bonds. The number of rotatable bonds is 5. The number of benzene rings is 2. The van der Waals surface area contributed by atoms with Crippen LogP contribution in [0.5, 0.6) is 0 Å². The predicted molar refractivity (Wildman–Crippen MR) is 109 cm³/mol. The highest BCUT2D eigenvalue weighted by atomic mass is 16.1. The molecule has 2 aromatic rings. The molecule has 4 heteroatoms. The van der Waals surface area contributed by atoms with Gasteiger partial charge in [-0.25, -0.2) is 0 Å². The molecule has 1 saturated heterocycles. The van der Waals surface area contributed by atoms with Crippen LogP contribution in [-0.4, -0.2) is 42.5 Å². The average Bonchev–Trinajstić information content (AvgIpc) is 3.37. The van der Waals surface area contributed by atoms with Gasteiger partial charge in [0.1, 0.15) is 5.41 Å². The number of piperazine rings is 1. The number of nitrogens with one attached hydrogen (secondary N) is 1. The third-order valence-electron chi connectivity index (χ3n) is 6.69. The van der Waals surface area contributed by atoms with Crippen LogP contribution in [0.4, 0.5) is 0 Å². The van der Waals surface area contributed by atoms with Crippen molar-refractivity contribution < 1.29 is 4.79 Å². The van der Waals surface area contributed by atoms with Gasteiger partial charge in [-0.1, -0.05) is 74.5 Å². The first kappa shape index (κ1) is 18.2. The molecule has 3 atom stereocenters. The van der Waals surface area contributed by atoms with Crippen LogP contribution in [-0.2, 0) is 10.2 Å². The van der Waals surface area contributed by atoms with Gasteiger partial charge in [-0.05, 0) is 17.0 Å². The number of hydrogen-bond donors (Lipinski definition) is 2. The fraction of sp³-hybridized carbons (Fsp3) is 0.435. The average molecular weight is 364 g/mol. The highest BCUT2D eigenvalue weighted by Crippen LogP contribution is 2.73. The summed E-state index contributed by atoms with van der Waals surface area (Å²) < 4.78 is 0. The molecule has 27 heavy (non-hydrogen) atoms. The van der Waals surface area contributed by atoms with Crippen LogP contribution in [0, 0.1) is 5.92 Å². The molecule has 142 valence electrons. The molecule has 0 bridgehead atoms. The molecule has 3 unspecified atom stereocenters. The van der Waals surface area contributed by atoms with Crippen molar-refractivity contribution in [3.8, 4) is 0 Å². The summed E-state index contributed by atoms with van der Waals surface area (Å²) in [5, 5.41) is 3.45. The van der Waals surface area contributed by atoms with E-state index < -0.39 is 5.41 Å². The Morgan fingerprint density at radius 2 is 1.59 bits per heavy atom. The molecule has 2 aromatic carbocycles. The van der Waals surface area contributed by atoms with E-state index in [2.05, 4.69) is 60.5 Å². The molecule has 4 rings (SSSR count). The van der Waals surface area contributed by atoms with Gasteiger partial charge in [-0.3, -0.25) is 9.69 Å². The lowest BCUT2D eigenvalue weighted by atomic mass is 9.83. The monoisotopic (exact) mass is 363 g/mol. The van der Waals surface area contributed by atoms with E-state index in [-0.39, 0.29) is 23.3 Å². The molecule has 0 spiro atoms. The molecule has 3 N–H and O–H groups in total. The second kappa shape index (κ2) is 6.77. The van der Waals surface area contributed by atoms with Gasteiger partial charge in [0.25, 0.3) is 0 Å². The van der Waals surface area contributed by atoms with Crippen molar-refractivity contribution in [3.05, 3.63) is 71.8 Å². The summed E-state index contributed by atoms with van der Waals surface area (Å²) in [6.45, 7) is 8.24. The molecular formula is C23H29N3O. The molecule has 1 saturated carbocycles. The van der Waals surface area contributed by atoms with Gasteiger partial charge in [0.05, 0.1) is 5.54 Å². The summed E-state index contributed by atoms with van der Waals surface area (Å²) in [6.07, 6.45) is 0. The zero-order valence-electron chi connectivity index (χ0n) is 16.2. The molecule has 2 aliphatic rings. The zero-order valence-corrected chi connectivity index (χ0v) is 16.2. The van der Waals surface area contributed by atoms with Crippen LogP contribution in [0.3, 0.4) is 0 Å². The lowest BCUT2D eigenvalue weighted by molar-refractivity contribution is -0.122. The summed E-state index contributed by atoms with van der Waals surface area (Å²) in [6, 6.07) is 20.6. The van der Waals surface area contributed by atoms with Crippen molar-refractivity contribution >= 4 is 5.91 Å². The van der Waals surface area contributed by atoms with E-state index in [0.717, 1.165) is 31.7 Å². The van der Waals surface area contributed by atoms with Crippen LogP contribution in [0.15, 0.2) is 60.7 Å². The van der Waals surface area contributed by atoms with Crippen LogP contribution < -0.4 is 11.1 Å². The topological polar surface area (TPSA) is 58.4 Å². The third-order valence-corrected chi connectivity index (χ3v) is 6.69. The number of amides is 1. The van der Waals surface area contributed by atoms with Gasteiger partial charge in [0.2, 0.25) is 5.91 Å². The number of hydrogen-bond acceptors (Lipinski definition) is 3. The van der Waals surface area contributed by atoms with Crippen LogP contribution in [0.2, 0.25) is 0 Å². The Morgan fingerprint density at radius 3 is 2.11 bits per heavy atom. The Balaban J connectivity index is 1.96. The Hall–Kier alpha value is -2.17. The van der Waals surface area contributed by atoms with Gasteiger partial charge in [-0.2, -0.15) is 0 Å². The van der Waals surface area contributed by atoms with Gasteiger partial charge < -0.3 is 11.1 Å². The Bertz CT molecular complexity index is 801. The number of carbonyl (C=O) groups is 1. The molecular weight excluding hydrogens is 334 g/mol. The van der Waals surface area contributed by atoms with Crippen molar-refractivity contribution in [1.82, 2.24) is 10.2 Å². The summed E-state index contributed by atoms with van der Waals surface area (Å²) in [5.74, 6) is 0.132. The van der Waals surface area contributed by atoms with E-state index in [9.17, 15) is 4.79 Å². The number of carbonyl (C=O) groups excluding carboxylic acids is 1. The second-order valence-electron chi connectivity index (χ2n) is 8.10. The first-order valence-electron chi connectivity index (χ1n) is 9.94. The largest absolute Gasteiger partial charge is 0.369 e. The number of nitrogens with two attached hydrogens (primary N) is 1. The number of primary amides is 1. The fourth-order valence-corrected chi connectivity index (χ4v) is 5.83. The van der Waals surface area contributed by atoms with Crippen molar-refractivity contribution in [2.45, 2.75) is 30.7 Å². The van der Waals surface area contributed by atoms with E-state index in [0.29, 0.717) is 0 Å². The first-order chi connectivity index (χ1) is 13.1. The van der Waals surface area contributed by atoms with E-state index in [1.165, 1.54) is 5.56 Å². The highest BCUT2D eigenvalue weighted by molar-refractivity contribution is 5.96. The zero-order chi connectivity index (χ0) is 19.1. The maximum absolute atomic E-state index is 13.2. The van der Waals surface area contributed by atoms with Crippen LogP contribution >= 0.6 is 0 Å². The lowest BCUT2D eigenvalue weighted by Crippen LogP contribution is -2.57. The quantitative estimate of drug-likeness (QED) is 0.858. The Kier molecular flexibility index (Phi) is 4.57. The summed E-state index contributed by atoms with van der Waals surface area (Å²) >= 11 is 0. The van der Waals surface area contributed by atoms with Crippen molar-refractivity contribution in [1.29, 1.82) is 0 Å². The normalized spacial score (nSPS) is 31.0. The summed E-state index contributed by atoms with van der Waals surface area (Å²) in [5.41, 5.74) is 7.46. The van der Waals surface area contributed by atoms with E-state index in [1.54, 1.807) is 0 Å². The SMILES string of the molecule is CC(C)C1(N2CCNCC2)C(c2ccccc2)C1(C(N)=O)c1ccccc1. The van der Waals surface area contributed by atoms with Crippen molar-refractivity contribution in [3.63, 3.8) is 0 Å². The molecule has 2 fully saturated rings. The Labute approximate surface area is 161 Å². The second-order valence-corrected chi connectivity index (χ2v) is 8.10. The van der Waals surface area contributed by atoms with E-state index >= 15 is 0 Å². The minimum atomic E-state index is -0.707. The molecule has 1 aliphatic heterocycles. The van der Waals surface area contributed by atoms with Crippen molar-refractivity contribution in [2.24, 2.45) is 11.7 Å². The van der Waals surface area contributed by atoms with Gasteiger partial charge in [0, 0.05) is 32.1 Å². The third kappa shape index (κ3) is 2.40. The molecule has 1 aliphatic carbocycles. The minimum absolute atomic E-state index is 0.0594. The highest BCUT2D eigenvalue weighted by Gasteiger charge is 2.83. The maximum Gasteiger partial charge on any atom is 0.230 e. The van der Waals surface area contributed by atoms with Crippen molar-refractivity contribution in [2.75, 3.05) is 26.2 Å². The molecule has 0 radical (unpaired) electrons. The first-order valence-corrected chi connectivity index (χ1v) is 9.94. The molecule has 0 aromatic heterocycles. The standard InChI is InChI=1S/C23H29N3O/c1-17(2)23(26-15-13-25-14-16-26)20(18-9-5-3-6-10-18)22(23,21(24)27)19-11-7-4-8-12-19/h3-12,17,20,25H,13-16H2,1-2H3,(H2,24,27). The fourth-order valence-electron chi connectivity index (χ4n) is 5.83.